The zero-order chi connectivity index (χ0) is 30.8. The Morgan fingerprint density at radius 3 is 2.17 bits per heavy atom. The smallest absolute Gasteiger partial charge is 0.480 e. The molecule has 0 amide bonds. The first-order valence-corrected chi connectivity index (χ1v) is 13.5. The lowest BCUT2D eigenvalue weighted by molar-refractivity contribution is -0.192. The highest BCUT2D eigenvalue weighted by Gasteiger charge is 2.38. The Labute approximate surface area is 234 Å². The van der Waals surface area contributed by atoms with Gasteiger partial charge in [0.2, 0.25) is 10.0 Å². The molecular weight excluding hydrogens is 565 g/mol. The molecule has 220 valence electrons. The Hall–Kier alpha value is -4.43. The Morgan fingerprint density at radius 1 is 1.02 bits per heavy atom. The normalized spacial score (nSPS) is 12.3. The van der Waals surface area contributed by atoms with Gasteiger partial charge in [0.1, 0.15) is 6.04 Å². The van der Waals surface area contributed by atoms with Gasteiger partial charge in [-0.15, -0.1) is 0 Å². The summed E-state index contributed by atoms with van der Waals surface area (Å²) in [6.07, 6.45) is -2.12. The van der Waals surface area contributed by atoms with Crippen molar-refractivity contribution in [2.24, 2.45) is 16.1 Å². The van der Waals surface area contributed by atoms with Gasteiger partial charge < -0.3 is 21.0 Å². The third-order valence-electron chi connectivity index (χ3n) is 5.82. The molecule has 0 bridgehead atoms. The van der Waals surface area contributed by atoms with Crippen LogP contribution in [0.3, 0.4) is 0 Å². The average molecular weight is 595 g/mol. The van der Waals surface area contributed by atoms with Gasteiger partial charge in [0.25, 0.3) is 0 Å². The van der Waals surface area contributed by atoms with Crippen molar-refractivity contribution in [1.29, 1.82) is 0 Å². The largest absolute Gasteiger partial charge is 0.490 e. The second kappa shape index (κ2) is 14.3. The number of halogens is 3. The molecule has 3 rings (SSSR count). The van der Waals surface area contributed by atoms with Gasteiger partial charge in [0.05, 0.1) is 11.1 Å². The summed E-state index contributed by atoms with van der Waals surface area (Å²) in [7, 11) is -3.83. The van der Waals surface area contributed by atoms with E-state index >= 15 is 0 Å². The van der Waals surface area contributed by atoms with Crippen molar-refractivity contribution < 1.29 is 41.4 Å². The third kappa shape index (κ3) is 9.92. The van der Waals surface area contributed by atoms with Crippen LogP contribution in [-0.4, -0.2) is 55.5 Å². The average Bonchev–Trinajstić information content (AvgIpc) is 2.91. The molecule has 0 aliphatic rings. The molecule has 0 saturated carbocycles. The van der Waals surface area contributed by atoms with Crippen molar-refractivity contribution in [2.75, 3.05) is 11.4 Å². The Bertz CT molecular complexity index is 1480. The summed E-state index contributed by atoms with van der Waals surface area (Å²) in [5.74, 6) is 1.58. The molecule has 3 aromatic carbocycles. The highest BCUT2D eigenvalue weighted by atomic mass is 32.2. The molecule has 10 nitrogen and oxygen atoms in total. The lowest BCUT2D eigenvalue weighted by Crippen LogP contribution is -2.40. The van der Waals surface area contributed by atoms with E-state index in [-0.39, 0.29) is 4.90 Å². The standard InChI is InChI=1S/C25H28N4O4S.C2HF3O2/c1-18(25(30)31)29(22-8-4-6-20(16-22)17-28-26)15-5-7-19-11-13-21(14-12-19)23-9-2-3-10-24(23)34(27,32)33;3-2(4,5)1(6)7/h2-4,6,8-14,16-18H,5,7,15,26H2,1H3,(H,30,31)(H2,27,32,33);(H,6,7). The van der Waals surface area contributed by atoms with Gasteiger partial charge in [0, 0.05) is 17.8 Å². The molecule has 0 saturated heterocycles. The predicted molar refractivity (Wildman–Crippen MR) is 148 cm³/mol. The molecule has 0 aliphatic heterocycles. The van der Waals surface area contributed by atoms with Gasteiger partial charge in [-0.2, -0.15) is 18.3 Å². The van der Waals surface area contributed by atoms with Crippen LogP contribution in [0.5, 0.6) is 0 Å². The summed E-state index contributed by atoms with van der Waals surface area (Å²) < 4.78 is 55.5. The van der Waals surface area contributed by atoms with Crippen LogP contribution in [0.4, 0.5) is 18.9 Å². The number of primary sulfonamides is 1. The third-order valence-corrected chi connectivity index (χ3v) is 6.78. The van der Waals surface area contributed by atoms with E-state index in [4.69, 9.17) is 20.9 Å². The van der Waals surface area contributed by atoms with E-state index in [2.05, 4.69) is 5.10 Å². The van der Waals surface area contributed by atoms with Crippen LogP contribution in [0.1, 0.15) is 24.5 Å². The second-order valence-corrected chi connectivity index (χ2v) is 10.3. The number of carboxylic acid groups (broad SMARTS) is 2. The van der Waals surface area contributed by atoms with Gasteiger partial charge in [-0.1, -0.05) is 54.6 Å². The van der Waals surface area contributed by atoms with E-state index < -0.39 is 34.2 Å². The van der Waals surface area contributed by atoms with E-state index in [1.807, 2.05) is 53.4 Å². The molecule has 0 spiro atoms. The zero-order valence-corrected chi connectivity index (χ0v) is 22.6. The quantitative estimate of drug-likeness (QED) is 0.155. The van der Waals surface area contributed by atoms with E-state index in [9.17, 15) is 31.5 Å². The van der Waals surface area contributed by atoms with Gasteiger partial charge in [-0.3, -0.25) is 0 Å². The summed E-state index contributed by atoms with van der Waals surface area (Å²) in [6, 6.07) is 20.9. The number of hydrogen-bond acceptors (Lipinski definition) is 7. The monoisotopic (exact) mass is 594 g/mol. The molecule has 14 heteroatoms. The van der Waals surface area contributed by atoms with Crippen LogP contribution in [0.2, 0.25) is 0 Å². The van der Waals surface area contributed by atoms with Crippen LogP contribution in [0, 0.1) is 0 Å². The Balaban J connectivity index is 0.000000745. The van der Waals surface area contributed by atoms with E-state index in [0.717, 1.165) is 35.2 Å². The molecule has 0 radical (unpaired) electrons. The highest BCUT2D eigenvalue weighted by Crippen LogP contribution is 2.27. The maximum Gasteiger partial charge on any atom is 0.490 e. The fourth-order valence-electron chi connectivity index (χ4n) is 3.81. The molecule has 0 heterocycles. The first-order chi connectivity index (χ1) is 19.1. The first-order valence-electron chi connectivity index (χ1n) is 12.0. The molecule has 41 heavy (non-hydrogen) atoms. The molecule has 0 aliphatic carbocycles. The molecule has 0 fully saturated rings. The van der Waals surface area contributed by atoms with Crippen LogP contribution in [-0.2, 0) is 26.0 Å². The van der Waals surface area contributed by atoms with Crippen molar-refractivity contribution in [3.8, 4) is 11.1 Å². The first kappa shape index (κ1) is 32.8. The second-order valence-electron chi connectivity index (χ2n) is 8.73. The Kier molecular flexibility index (Phi) is 11.4. The van der Waals surface area contributed by atoms with Gasteiger partial charge >= 0.3 is 18.1 Å². The van der Waals surface area contributed by atoms with Crippen molar-refractivity contribution in [3.63, 3.8) is 0 Å². The molecule has 6 N–H and O–H groups in total. The lowest BCUT2D eigenvalue weighted by Gasteiger charge is -2.29. The van der Waals surface area contributed by atoms with Gasteiger partial charge in [0.15, 0.2) is 0 Å². The highest BCUT2D eigenvalue weighted by molar-refractivity contribution is 7.89. The van der Waals surface area contributed by atoms with E-state index in [0.29, 0.717) is 12.1 Å². The summed E-state index contributed by atoms with van der Waals surface area (Å²) in [4.78, 5) is 22.5. The number of aliphatic carboxylic acids is 2. The number of alkyl halides is 3. The number of hydrazone groups is 1. The number of nitrogens with zero attached hydrogens (tertiary/aromatic N) is 2. The van der Waals surface area contributed by atoms with Crippen LogP contribution >= 0.6 is 0 Å². The van der Waals surface area contributed by atoms with Crippen molar-refractivity contribution >= 4 is 33.9 Å². The summed E-state index contributed by atoms with van der Waals surface area (Å²) in [5.41, 5.74) is 3.94. The number of rotatable bonds is 10. The minimum atomic E-state index is -5.08. The van der Waals surface area contributed by atoms with E-state index in [1.54, 1.807) is 25.1 Å². The fourth-order valence-corrected chi connectivity index (χ4v) is 4.57. The summed E-state index contributed by atoms with van der Waals surface area (Å²) >= 11 is 0. The maximum atomic E-state index is 11.9. The number of sulfonamides is 1. The summed E-state index contributed by atoms with van der Waals surface area (Å²) in [5, 5.41) is 25.6. The van der Waals surface area contributed by atoms with Gasteiger partial charge in [-0.25, -0.2) is 23.1 Å². The van der Waals surface area contributed by atoms with E-state index in [1.165, 1.54) is 12.3 Å². The predicted octanol–water partition coefficient (Wildman–Crippen LogP) is 3.84. The Morgan fingerprint density at radius 2 is 1.63 bits per heavy atom. The number of hydrogen-bond donors (Lipinski definition) is 4. The number of benzene rings is 3. The number of anilines is 1. The van der Waals surface area contributed by atoms with Crippen molar-refractivity contribution in [2.45, 2.75) is 36.9 Å². The molecule has 1 unspecified atom stereocenters. The number of carboxylic acids is 2. The summed E-state index contributed by atoms with van der Waals surface area (Å²) in [6.45, 7) is 2.19. The minimum absolute atomic E-state index is 0.0861. The van der Waals surface area contributed by atoms with Crippen molar-refractivity contribution in [3.05, 3.63) is 83.9 Å². The number of aryl methyl sites for hydroxylation is 1. The van der Waals surface area contributed by atoms with Crippen LogP contribution < -0.4 is 15.9 Å². The van der Waals surface area contributed by atoms with Crippen LogP contribution in [0.15, 0.2) is 82.8 Å². The molecule has 0 aromatic heterocycles. The molecule has 1 atom stereocenters. The fraction of sp³-hybridized carbons (Fsp3) is 0.222. The zero-order valence-electron chi connectivity index (χ0n) is 21.8. The van der Waals surface area contributed by atoms with Gasteiger partial charge in [-0.05, 0) is 54.7 Å². The van der Waals surface area contributed by atoms with Crippen LogP contribution in [0.25, 0.3) is 11.1 Å². The topological polar surface area (TPSA) is 176 Å². The SMILES string of the molecule is CC(C(=O)O)N(CCCc1ccc(-c2ccccc2S(N)(=O)=O)cc1)c1cccc(C=NN)c1.O=C(O)C(F)(F)F. The number of nitrogens with two attached hydrogens (primary N) is 2. The lowest BCUT2D eigenvalue weighted by atomic mass is 10.0. The molecular formula is C27H29F3N4O6S. The molecule has 3 aromatic rings. The minimum Gasteiger partial charge on any atom is -0.480 e. The number of carbonyl (C=O) groups is 2. The van der Waals surface area contributed by atoms with Crippen molar-refractivity contribution in [1.82, 2.24) is 0 Å². The maximum absolute atomic E-state index is 11.9.